The molecule has 3 nitrogen and oxygen atoms in total. The zero-order valence-electron chi connectivity index (χ0n) is 12.9. The number of methoxy groups -OCH3 is 1. The lowest BCUT2D eigenvalue weighted by Gasteiger charge is -2.30. The predicted molar refractivity (Wildman–Crippen MR) is 81.5 cm³/mol. The summed E-state index contributed by atoms with van der Waals surface area (Å²) in [7, 11) is 3.87. The van der Waals surface area contributed by atoms with Crippen LogP contribution in [0.2, 0.25) is 0 Å². The minimum absolute atomic E-state index is 0.423. The number of hydrogen-bond acceptors (Lipinski definition) is 3. The van der Waals surface area contributed by atoms with E-state index < -0.39 is 0 Å². The average molecular weight is 264 g/mol. The van der Waals surface area contributed by atoms with Gasteiger partial charge in [0, 0.05) is 19.1 Å². The van der Waals surface area contributed by atoms with E-state index in [0.29, 0.717) is 18.5 Å². The highest BCUT2D eigenvalue weighted by molar-refractivity contribution is 5.37. The summed E-state index contributed by atoms with van der Waals surface area (Å²) < 4.78 is 5.37. The Kier molecular flexibility index (Phi) is 6.32. The fourth-order valence-corrected chi connectivity index (χ4v) is 2.57. The Hall–Kier alpha value is -1.06. The van der Waals surface area contributed by atoms with Crippen molar-refractivity contribution in [3.63, 3.8) is 0 Å². The molecule has 0 heterocycles. The summed E-state index contributed by atoms with van der Waals surface area (Å²) in [6, 6.07) is 6.87. The van der Waals surface area contributed by atoms with Crippen molar-refractivity contribution in [3.8, 4) is 5.75 Å². The number of likely N-dealkylation sites (N-methyl/N-ethyl adjacent to an activating group) is 1. The molecule has 0 aromatic heterocycles. The summed E-state index contributed by atoms with van der Waals surface area (Å²) in [6.07, 6.45) is 0.991. The van der Waals surface area contributed by atoms with Crippen LogP contribution in [0.15, 0.2) is 18.2 Å². The molecule has 0 spiro atoms. The van der Waals surface area contributed by atoms with Gasteiger partial charge in [0.25, 0.3) is 0 Å². The van der Waals surface area contributed by atoms with Gasteiger partial charge in [-0.2, -0.15) is 0 Å². The molecule has 19 heavy (non-hydrogen) atoms. The van der Waals surface area contributed by atoms with E-state index in [-0.39, 0.29) is 0 Å². The van der Waals surface area contributed by atoms with Gasteiger partial charge in [-0.15, -0.1) is 0 Å². The summed E-state index contributed by atoms with van der Waals surface area (Å²) in [5.41, 5.74) is 8.45. The van der Waals surface area contributed by atoms with Crippen LogP contribution in [0.1, 0.15) is 31.9 Å². The molecule has 0 bridgehead atoms. The van der Waals surface area contributed by atoms with Gasteiger partial charge in [0.05, 0.1) is 7.11 Å². The number of rotatable bonds is 7. The van der Waals surface area contributed by atoms with Gasteiger partial charge in [-0.25, -0.2) is 0 Å². The van der Waals surface area contributed by atoms with Crippen molar-refractivity contribution < 1.29 is 4.74 Å². The van der Waals surface area contributed by atoms with Gasteiger partial charge in [0.15, 0.2) is 0 Å². The first kappa shape index (κ1) is 16.0. The normalized spacial score (nSPS) is 13.1. The Morgan fingerprint density at radius 1 is 1.32 bits per heavy atom. The van der Waals surface area contributed by atoms with Gasteiger partial charge in [-0.1, -0.05) is 32.9 Å². The van der Waals surface area contributed by atoms with E-state index in [4.69, 9.17) is 10.5 Å². The molecule has 0 aliphatic rings. The van der Waals surface area contributed by atoms with Crippen LogP contribution in [-0.2, 0) is 13.0 Å². The summed E-state index contributed by atoms with van der Waals surface area (Å²) >= 11 is 0. The van der Waals surface area contributed by atoms with Crippen LogP contribution < -0.4 is 10.5 Å². The summed E-state index contributed by atoms with van der Waals surface area (Å²) in [4.78, 5) is 2.34. The largest absolute Gasteiger partial charge is 0.496 e. The molecular formula is C16H28N2O. The number of hydrogen-bond donors (Lipinski definition) is 1. The number of aryl methyl sites for hydroxylation is 1. The molecule has 0 fully saturated rings. The lowest BCUT2D eigenvalue weighted by molar-refractivity contribution is 0.190. The van der Waals surface area contributed by atoms with E-state index in [1.54, 1.807) is 7.11 Å². The van der Waals surface area contributed by atoms with Crippen LogP contribution >= 0.6 is 0 Å². The van der Waals surface area contributed by atoms with E-state index in [2.05, 4.69) is 50.9 Å². The topological polar surface area (TPSA) is 38.5 Å². The Balaban J connectivity index is 2.81. The third-order valence-corrected chi connectivity index (χ3v) is 3.73. The second-order valence-electron chi connectivity index (χ2n) is 5.46. The number of ether oxygens (including phenoxy) is 1. The molecule has 1 aromatic rings. The van der Waals surface area contributed by atoms with Gasteiger partial charge in [-0.3, -0.25) is 4.90 Å². The molecule has 0 saturated heterocycles. The Bertz CT molecular complexity index is 390. The van der Waals surface area contributed by atoms with Crippen molar-refractivity contribution in [2.45, 2.75) is 39.8 Å². The van der Waals surface area contributed by atoms with Gasteiger partial charge in [0.1, 0.15) is 5.75 Å². The third kappa shape index (κ3) is 4.22. The van der Waals surface area contributed by atoms with Crippen molar-refractivity contribution in [3.05, 3.63) is 29.3 Å². The lowest BCUT2D eigenvalue weighted by atomic mass is 10.0. The lowest BCUT2D eigenvalue weighted by Crippen LogP contribution is -2.41. The van der Waals surface area contributed by atoms with E-state index in [9.17, 15) is 0 Å². The maximum atomic E-state index is 5.87. The van der Waals surface area contributed by atoms with Crippen molar-refractivity contribution in [2.24, 2.45) is 11.7 Å². The maximum Gasteiger partial charge on any atom is 0.122 e. The summed E-state index contributed by atoms with van der Waals surface area (Å²) in [6.45, 7) is 8.23. The highest BCUT2D eigenvalue weighted by Crippen LogP contribution is 2.22. The first-order valence-electron chi connectivity index (χ1n) is 7.09. The first-order chi connectivity index (χ1) is 9.03. The monoisotopic (exact) mass is 264 g/mol. The van der Waals surface area contributed by atoms with E-state index >= 15 is 0 Å². The molecule has 0 amide bonds. The van der Waals surface area contributed by atoms with Crippen LogP contribution in [0.4, 0.5) is 0 Å². The first-order valence-corrected chi connectivity index (χ1v) is 7.09. The van der Waals surface area contributed by atoms with Crippen molar-refractivity contribution in [1.82, 2.24) is 4.90 Å². The maximum absolute atomic E-state index is 5.87. The molecule has 2 N–H and O–H groups in total. The molecule has 0 saturated carbocycles. The van der Waals surface area contributed by atoms with Crippen LogP contribution in [0, 0.1) is 5.92 Å². The molecule has 1 rings (SSSR count). The predicted octanol–water partition coefficient (Wildman–Crippen LogP) is 2.67. The minimum atomic E-state index is 0.423. The fraction of sp³-hybridized carbons (Fsp3) is 0.625. The van der Waals surface area contributed by atoms with Crippen LogP contribution in [0.3, 0.4) is 0 Å². The number of nitrogens with two attached hydrogens (primary N) is 1. The SMILES string of the molecule is CCc1cc(CN(C)C(CN)C(C)C)ccc1OC. The smallest absolute Gasteiger partial charge is 0.122 e. The average Bonchev–Trinajstić information content (AvgIpc) is 2.38. The number of nitrogens with zero attached hydrogens (tertiary/aromatic N) is 1. The molecule has 0 radical (unpaired) electrons. The molecule has 108 valence electrons. The molecule has 1 atom stereocenters. The summed E-state index contributed by atoms with van der Waals surface area (Å²) in [5.74, 6) is 1.55. The van der Waals surface area contributed by atoms with Crippen molar-refractivity contribution in [1.29, 1.82) is 0 Å². The molecule has 3 heteroatoms. The minimum Gasteiger partial charge on any atom is -0.496 e. The Morgan fingerprint density at radius 3 is 2.47 bits per heavy atom. The second-order valence-corrected chi connectivity index (χ2v) is 5.46. The fourth-order valence-electron chi connectivity index (χ4n) is 2.57. The van der Waals surface area contributed by atoms with E-state index in [1.807, 2.05) is 0 Å². The number of benzene rings is 1. The molecule has 0 aliphatic heterocycles. The molecule has 1 unspecified atom stereocenters. The van der Waals surface area contributed by atoms with E-state index in [1.165, 1.54) is 11.1 Å². The van der Waals surface area contributed by atoms with Gasteiger partial charge < -0.3 is 10.5 Å². The molecule has 0 aliphatic carbocycles. The Labute approximate surface area is 117 Å². The zero-order valence-corrected chi connectivity index (χ0v) is 12.9. The second kappa shape index (κ2) is 7.51. The highest BCUT2D eigenvalue weighted by Gasteiger charge is 2.17. The van der Waals surface area contributed by atoms with Gasteiger partial charge >= 0.3 is 0 Å². The Morgan fingerprint density at radius 2 is 2.00 bits per heavy atom. The summed E-state index contributed by atoms with van der Waals surface area (Å²) in [5, 5.41) is 0. The van der Waals surface area contributed by atoms with Gasteiger partial charge in [0.2, 0.25) is 0 Å². The zero-order chi connectivity index (χ0) is 14.4. The van der Waals surface area contributed by atoms with Crippen LogP contribution in [0.5, 0.6) is 5.75 Å². The van der Waals surface area contributed by atoms with Crippen LogP contribution in [-0.4, -0.2) is 31.6 Å². The standard InChI is InChI=1S/C16H28N2O/c1-6-14-9-13(7-8-16(14)19-5)11-18(4)15(10-17)12(2)3/h7-9,12,15H,6,10-11,17H2,1-5H3. The highest BCUT2D eigenvalue weighted by atomic mass is 16.5. The third-order valence-electron chi connectivity index (χ3n) is 3.73. The van der Waals surface area contributed by atoms with Crippen LogP contribution in [0.25, 0.3) is 0 Å². The van der Waals surface area contributed by atoms with Crippen molar-refractivity contribution >= 4 is 0 Å². The van der Waals surface area contributed by atoms with E-state index in [0.717, 1.165) is 18.7 Å². The quantitative estimate of drug-likeness (QED) is 0.823. The molecule has 1 aromatic carbocycles. The molecular weight excluding hydrogens is 236 g/mol. The van der Waals surface area contributed by atoms with Gasteiger partial charge in [-0.05, 0) is 36.6 Å². The van der Waals surface area contributed by atoms with Crippen molar-refractivity contribution in [2.75, 3.05) is 20.7 Å².